The second kappa shape index (κ2) is 6.72. The molecular formula is C16H23N3O2. The zero-order chi connectivity index (χ0) is 15.4. The van der Waals surface area contributed by atoms with Gasteiger partial charge < -0.3 is 15.5 Å². The highest BCUT2D eigenvalue weighted by molar-refractivity contribution is 5.96. The van der Waals surface area contributed by atoms with Crippen molar-refractivity contribution < 1.29 is 9.59 Å². The van der Waals surface area contributed by atoms with Crippen molar-refractivity contribution in [3.05, 3.63) is 29.8 Å². The Kier molecular flexibility index (Phi) is 4.96. The maximum atomic E-state index is 12.4. The molecule has 21 heavy (non-hydrogen) atoms. The molecule has 2 N–H and O–H groups in total. The van der Waals surface area contributed by atoms with Crippen molar-refractivity contribution in [1.29, 1.82) is 0 Å². The van der Waals surface area contributed by atoms with Gasteiger partial charge in [-0.25, -0.2) is 0 Å². The van der Waals surface area contributed by atoms with Crippen molar-refractivity contribution in [1.82, 2.24) is 10.2 Å². The minimum Gasteiger partial charge on any atom is -0.336 e. The average Bonchev–Trinajstić information content (AvgIpc) is 2.47. The Balaban J connectivity index is 2.01. The summed E-state index contributed by atoms with van der Waals surface area (Å²) < 4.78 is 0. The van der Waals surface area contributed by atoms with Gasteiger partial charge >= 0.3 is 0 Å². The van der Waals surface area contributed by atoms with Crippen LogP contribution in [0.1, 0.15) is 31.1 Å². The first-order valence-electron chi connectivity index (χ1n) is 7.41. The molecule has 5 nitrogen and oxygen atoms in total. The maximum absolute atomic E-state index is 12.4. The van der Waals surface area contributed by atoms with Crippen molar-refractivity contribution in [3.8, 4) is 0 Å². The van der Waals surface area contributed by atoms with Crippen LogP contribution < -0.4 is 10.6 Å². The summed E-state index contributed by atoms with van der Waals surface area (Å²) in [6.45, 7) is 8.05. The van der Waals surface area contributed by atoms with E-state index in [1.165, 1.54) is 0 Å². The molecule has 2 rings (SSSR count). The van der Waals surface area contributed by atoms with Gasteiger partial charge in [-0.15, -0.1) is 0 Å². The lowest BCUT2D eigenvalue weighted by molar-refractivity contribution is -0.118. The fraction of sp³-hybridized carbons (Fsp3) is 0.500. The van der Waals surface area contributed by atoms with E-state index in [9.17, 15) is 9.59 Å². The predicted molar refractivity (Wildman–Crippen MR) is 83.3 cm³/mol. The van der Waals surface area contributed by atoms with Gasteiger partial charge in [-0.3, -0.25) is 9.59 Å². The average molecular weight is 289 g/mol. The number of nitrogens with one attached hydrogen (secondary N) is 2. The Hall–Kier alpha value is -1.88. The van der Waals surface area contributed by atoms with Crippen molar-refractivity contribution >= 4 is 17.5 Å². The molecule has 1 aromatic rings. The van der Waals surface area contributed by atoms with Gasteiger partial charge in [0.1, 0.15) is 0 Å². The van der Waals surface area contributed by atoms with E-state index in [0.29, 0.717) is 11.6 Å². The molecule has 1 atom stereocenters. The first kappa shape index (κ1) is 15.5. The molecule has 1 aliphatic heterocycles. The number of anilines is 1. The third-order valence-corrected chi connectivity index (χ3v) is 3.58. The van der Waals surface area contributed by atoms with Gasteiger partial charge in [0.15, 0.2) is 0 Å². The van der Waals surface area contributed by atoms with Gasteiger partial charge in [0.05, 0.1) is 0 Å². The number of hydrogen-bond donors (Lipinski definition) is 2. The van der Waals surface area contributed by atoms with Crippen molar-refractivity contribution in [2.45, 2.75) is 26.8 Å². The van der Waals surface area contributed by atoms with Crippen LogP contribution in [0, 0.1) is 5.92 Å². The van der Waals surface area contributed by atoms with E-state index in [0.717, 1.165) is 25.3 Å². The van der Waals surface area contributed by atoms with E-state index in [1.807, 2.05) is 18.7 Å². The van der Waals surface area contributed by atoms with Crippen LogP contribution in [0.2, 0.25) is 0 Å². The third kappa shape index (κ3) is 4.04. The Morgan fingerprint density at radius 3 is 2.52 bits per heavy atom. The molecule has 1 aromatic carbocycles. The molecule has 0 radical (unpaired) electrons. The zero-order valence-corrected chi connectivity index (χ0v) is 12.8. The lowest BCUT2D eigenvalue weighted by Gasteiger charge is -2.32. The van der Waals surface area contributed by atoms with Gasteiger partial charge in [0.2, 0.25) is 5.91 Å². The first-order valence-corrected chi connectivity index (χ1v) is 7.41. The van der Waals surface area contributed by atoms with E-state index >= 15 is 0 Å². The second-order valence-electron chi connectivity index (χ2n) is 5.83. The van der Waals surface area contributed by atoms with Gasteiger partial charge in [0.25, 0.3) is 5.91 Å². The number of hydrogen-bond acceptors (Lipinski definition) is 3. The molecule has 1 aliphatic rings. The van der Waals surface area contributed by atoms with Crippen molar-refractivity contribution in [2.75, 3.05) is 25.0 Å². The summed E-state index contributed by atoms with van der Waals surface area (Å²) >= 11 is 0. The topological polar surface area (TPSA) is 61.4 Å². The number of amides is 2. The molecule has 0 aromatic heterocycles. The zero-order valence-electron chi connectivity index (χ0n) is 12.8. The number of piperazine rings is 1. The van der Waals surface area contributed by atoms with Crippen molar-refractivity contribution in [3.63, 3.8) is 0 Å². The smallest absolute Gasteiger partial charge is 0.253 e. The molecule has 114 valence electrons. The number of rotatable bonds is 3. The summed E-state index contributed by atoms with van der Waals surface area (Å²) in [6, 6.07) is 7.42. The molecule has 0 saturated carbocycles. The number of benzene rings is 1. The van der Waals surface area contributed by atoms with Gasteiger partial charge in [-0.2, -0.15) is 0 Å². The van der Waals surface area contributed by atoms with Crippen LogP contribution in [-0.2, 0) is 4.79 Å². The molecule has 1 heterocycles. The fourth-order valence-corrected chi connectivity index (χ4v) is 2.28. The monoisotopic (exact) mass is 289 g/mol. The largest absolute Gasteiger partial charge is 0.336 e. The lowest BCUT2D eigenvalue weighted by Crippen LogP contribution is -2.51. The normalized spacial score (nSPS) is 18.7. The van der Waals surface area contributed by atoms with Crippen LogP contribution in [0.4, 0.5) is 5.69 Å². The Bertz CT molecular complexity index is 511. The highest BCUT2D eigenvalue weighted by Crippen LogP contribution is 2.13. The summed E-state index contributed by atoms with van der Waals surface area (Å²) in [5, 5.41) is 6.14. The van der Waals surface area contributed by atoms with Crippen LogP contribution >= 0.6 is 0 Å². The van der Waals surface area contributed by atoms with Gasteiger partial charge in [-0.05, 0) is 31.2 Å². The minimum atomic E-state index is -0.0614. The Morgan fingerprint density at radius 2 is 1.95 bits per heavy atom. The van der Waals surface area contributed by atoms with Crippen LogP contribution in [0.3, 0.4) is 0 Å². The van der Waals surface area contributed by atoms with Crippen LogP contribution in [-0.4, -0.2) is 42.4 Å². The summed E-state index contributed by atoms with van der Waals surface area (Å²) in [6.07, 6.45) is 0. The molecule has 1 unspecified atom stereocenters. The van der Waals surface area contributed by atoms with E-state index < -0.39 is 0 Å². The number of nitrogens with zero attached hydrogens (tertiary/aromatic N) is 1. The lowest BCUT2D eigenvalue weighted by atomic mass is 10.1. The maximum Gasteiger partial charge on any atom is 0.253 e. The number of carbonyl (C=O) groups excluding carboxylic acids is 2. The SMILES string of the molecule is CC1CN(C(=O)c2ccc(NC(=O)C(C)C)cc2)CCN1. The molecule has 0 spiro atoms. The van der Waals surface area contributed by atoms with E-state index in [-0.39, 0.29) is 17.7 Å². The summed E-state index contributed by atoms with van der Waals surface area (Å²) in [4.78, 5) is 25.9. The molecule has 0 bridgehead atoms. The van der Waals surface area contributed by atoms with E-state index in [2.05, 4.69) is 17.6 Å². The van der Waals surface area contributed by atoms with Crippen LogP contribution in [0.25, 0.3) is 0 Å². The molecule has 5 heteroatoms. The van der Waals surface area contributed by atoms with Crippen LogP contribution in [0.15, 0.2) is 24.3 Å². The van der Waals surface area contributed by atoms with Crippen molar-refractivity contribution in [2.24, 2.45) is 5.92 Å². The minimum absolute atomic E-state index is 0.0231. The molecule has 0 aliphatic carbocycles. The van der Waals surface area contributed by atoms with Gasteiger partial charge in [-0.1, -0.05) is 13.8 Å². The third-order valence-electron chi connectivity index (χ3n) is 3.58. The van der Waals surface area contributed by atoms with E-state index in [1.54, 1.807) is 24.3 Å². The quantitative estimate of drug-likeness (QED) is 0.890. The summed E-state index contributed by atoms with van der Waals surface area (Å²) in [5.74, 6) is -0.0382. The standard InChI is InChI=1S/C16H23N3O2/c1-11(2)15(20)18-14-6-4-13(5-7-14)16(21)19-9-8-17-12(3)10-19/h4-7,11-12,17H,8-10H2,1-3H3,(H,18,20). The first-order chi connectivity index (χ1) is 9.97. The van der Waals surface area contributed by atoms with Gasteiger partial charge in [0, 0.05) is 42.8 Å². The number of carbonyl (C=O) groups is 2. The predicted octanol–water partition coefficient (Wildman–Crippen LogP) is 1.71. The fourth-order valence-electron chi connectivity index (χ4n) is 2.28. The molecule has 1 fully saturated rings. The molecule has 1 saturated heterocycles. The Morgan fingerprint density at radius 1 is 1.29 bits per heavy atom. The summed E-state index contributed by atoms with van der Waals surface area (Å²) in [5.41, 5.74) is 1.38. The molecule has 2 amide bonds. The van der Waals surface area contributed by atoms with Crippen LogP contribution in [0.5, 0.6) is 0 Å². The highest BCUT2D eigenvalue weighted by atomic mass is 16.2. The van der Waals surface area contributed by atoms with E-state index in [4.69, 9.17) is 0 Å². The summed E-state index contributed by atoms with van der Waals surface area (Å²) in [7, 11) is 0. The Labute approximate surface area is 125 Å². The molecular weight excluding hydrogens is 266 g/mol. The second-order valence-corrected chi connectivity index (χ2v) is 5.83. The highest BCUT2D eigenvalue weighted by Gasteiger charge is 2.21.